The molecule has 0 aromatic carbocycles. The zero-order chi connectivity index (χ0) is 11.5. The second kappa shape index (κ2) is 4.63. The predicted molar refractivity (Wildman–Crippen MR) is 60.1 cm³/mol. The predicted octanol–water partition coefficient (Wildman–Crippen LogP) is -0.355. The summed E-state index contributed by atoms with van der Waals surface area (Å²) in [7, 11) is 0. The van der Waals surface area contributed by atoms with Crippen LogP contribution in [0.15, 0.2) is 12.4 Å². The quantitative estimate of drug-likeness (QED) is 0.714. The molecule has 0 spiro atoms. The van der Waals surface area contributed by atoms with Crippen LogP contribution in [0.1, 0.15) is 6.92 Å². The maximum Gasteiger partial charge on any atom is 0.225 e. The van der Waals surface area contributed by atoms with Crippen LogP contribution in [0, 0.1) is 0 Å². The smallest absolute Gasteiger partial charge is 0.225 e. The van der Waals surface area contributed by atoms with E-state index in [1.54, 1.807) is 12.4 Å². The summed E-state index contributed by atoms with van der Waals surface area (Å²) in [6, 6.07) is 0.200. The van der Waals surface area contributed by atoms with Gasteiger partial charge in [-0.2, -0.15) is 0 Å². The van der Waals surface area contributed by atoms with Gasteiger partial charge in [0.05, 0.1) is 43.4 Å². The van der Waals surface area contributed by atoms with E-state index < -0.39 is 0 Å². The molecular formula is C10H16N4O2. The number of nitrogen functional groups attached to an aromatic ring is 1. The van der Waals surface area contributed by atoms with E-state index in [0.717, 1.165) is 0 Å². The molecule has 0 saturated carbocycles. The lowest BCUT2D eigenvalue weighted by molar-refractivity contribution is -0.0108. The van der Waals surface area contributed by atoms with Crippen molar-refractivity contribution >= 4 is 11.6 Å². The summed E-state index contributed by atoms with van der Waals surface area (Å²) in [5, 5.41) is 9.07. The fourth-order valence-corrected chi connectivity index (χ4v) is 1.69. The number of nitrogens with zero attached hydrogens (tertiary/aromatic N) is 3. The summed E-state index contributed by atoms with van der Waals surface area (Å²) in [5.41, 5.74) is 6.08. The van der Waals surface area contributed by atoms with Gasteiger partial charge in [0, 0.05) is 6.54 Å². The fraction of sp³-hybridized carbons (Fsp3) is 0.600. The van der Waals surface area contributed by atoms with Gasteiger partial charge in [-0.05, 0) is 6.92 Å². The molecule has 2 unspecified atom stereocenters. The van der Waals surface area contributed by atoms with Gasteiger partial charge in [0.15, 0.2) is 0 Å². The lowest BCUT2D eigenvalue weighted by atomic mass is 10.2. The molecule has 3 N–H and O–H groups in total. The number of hydrogen-bond donors (Lipinski definition) is 2. The zero-order valence-electron chi connectivity index (χ0n) is 9.21. The average Bonchev–Trinajstić information content (AvgIpc) is 2.31. The van der Waals surface area contributed by atoms with E-state index in [-0.39, 0.29) is 18.8 Å². The number of nitrogens with two attached hydrogens (primary N) is 1. The fourth-order valence-electron chi connectivity index (χ4n) is 1.69. The summed E-state index contributed by atoms with van der Waals surface area (Å²) in [4.78, 5) is 10.4. The number of morpholine rings is 1. The van der Waals surface area contributed by atoms with E-state index in [0.29, 0.717) is 24.8 Å². The first-order chi connectivity index (χ1) is 7.70. The number of anilines is 2. The second-order valence-corrected chi connectivity index (χ2v) is 3.96. The summed E-state index contributed by atoms with van der Waals surface area (Å²) in [6.45, 7) is 3.21. The topological polar surface area (TPSA) is 84.5 Å². The third-order valence-corrected chi connectivity index (χ3v) is 2.62. The van der Waals surface area contributed by atoms with Crippen LogP contribution in [0.25, 0.3) is 0 Å². The van der Waals surface area contributed by atoms with Gasteiger partial charge in [-0.3, -0.25) is 0 Å². The minimum absolute atomic E-state index is 0.0121. The number of rotatable bonds is 2. The molecule has 6 nitrogen and oxygen atoms in total. The molecular weight excluding hydrogens is 208 g/mol. The Morgan fingerprint density at radius 2 is 2.25 bits per heavy atom. The zero-order valence-corrected chi connectivity index (χ0v) is 9.21. The van der Waals surface area contributed by atoms with E-state index in [9.17, 15) is 0 Å². The molecule has 6 heteroatoms. The number of aliphatic hydroxyl groups is 1. The molecule has 0 bridgehead atoms. The van der Waals surface area contributed by atoms with E-state index in [2.05, 4.69) is 9.97 Å². The van der Waals surface area contributed by atoms with Crippen molar-refractivity contribution in [2.75, 3.05) is 30.4 Å². The van der Waals surface area contributed by atoms with Crippen LogP contribution in [0.5, 0.6) is 0 Å². The van der Waals surface area contributed by atoms with Crippen LogP contribution in [-0.2, 0) is 4.74 Å². The van der Waals surface area contributed by atoms with Crippen molar-refractivity contribution in [3.05, 3.63) is 12.4 Å². The molecule has 0 radical (unpaired) electrons. The largest absolute Gasteiger partial charge is 0.396 e. The normalized spacial score (nSPS) is 25.8. The number of aliphatic hydroxyl groups excluding tert-OH is 1. The summed E-state index contributed by atoms with van der Waals surface area (Å²) in [6.07, 6.45) is 2.99. The van der Waals surface area contributed by atoms with E-state index in [1.165, 1.54) is 0 Å². The standard InChI is InChI=1S/C10H16N4O2/c1-7-6-16-9(5-15)4-14(7)10-12-2-8(11)3-13-10/h2-3,7,9,15H,4-6,11H2,1H3. The second-order valence-electron chi connectivity index (χ2n) is 3.96. The first-order valence-electron chi connectivity index (χ1n) is 5.27. The highest BCUT2D eigenvalue weighted by atomic mass is 16.5. The van der Waals surface area contributed by atoms with E-state index >= 15 is 0 Å². The molecule has 1 aliphatic heterocycles. The summed E-state index contributed by atoms with van der Waals surface area (Å²) < 4.78 is 5.44. The highest BCUT2D eigenvalue weighted by Gasteiger charge is 2.27. The van der Waals surface area contributed by atoms with Crippen LogP contribution >= 0.6 is 0 Å². The van der Waals surface area contributed by atoms with Gasteiger partial charge in [-0.1, -0.05) is 0 Å². The van der Waals surface area contributed by atoms with Gasteiger partial charge in [0.1, 0.15) is 0 Å². The Balaban J connectivity index is 2.14. The van der Waals surface area contributed by atoms with Crippen molar-refractivity contribution < 1.29 is 9.84 Å². The Bertz CT molecular complexity index is 343. The van der Waals surface area contributed by atoms with Crippen molar-refractivity contribution in [1.82, 2.24) is 9.97 Å². The van der Waals surface area contributed by atoms with Crippen LogP contribution in [0.2, 0.25) is 0 Å². The van der Waals surface area contributed by atoms with Gasteiger partial charge >= 0.3 is 0 Å². The van der Waals surface area contributed by atoms with Gasteiger partial charge in [-0.15, -0.1) is 0 Å². The molecule has 0 amide bonds. The van der Waals surface area contributed by atoms with E-state index in [4.69, 9.17) is 15.6 Å². The molecule has 2 heterocycles. The van der Waals surface area contributed by atoms with Crippen LogP contribution in [0.4, 0.5) is 11.6 Å². The molecule has 0 aliphatic carbocycles. The van der Waals surface area contributed by atoms with Crippen LogP contribution in [0.3, 0.4) is 0 Å². The summed E-state index contributed by atoms with van der Waals surface area (Å²) >= 11 is 0. The lowest BCUT2D eigenvalue weighted by Crippen LogP contribution is -2.50. The number of ether oxygens (including phenoxy) is 1. The van der Waals surface area contributed by atoms with Crippen LogP contribution < -0.4 is 10.6 Å². The highest BCUT2D eigenvalue weighted by Crippen LogP contribution is 2.17. The number of aromatic nitrogens is 2. The first-order valence-corrected chi connectivity index (χ1v) is 5.27. The molecule has 1 aliphatic rings. The van der Waals surface area contributed by atoms with E-state index in [1.807, 2.05) is 11.8 Å². The monoisotopic (exact) mass is 224 g/mol. The van der Waals surface area contributed by atoms with Gasteiger partial charge in [0.25, 0.3) is 0 Å². The molecule has 2 atom stereocenters. The minimum atomic E-state index is -0.169. The maximum atomic E-state index is 9.07. The Hall–Kier alpha value is -1.40. The van der Waals surface area contributed by atoms with Gasteiger partial charge in [0.2, 0.25) is 5.95 Å². The summed E-state index contributed by atoms with van der Waals surface area (Å²) in [5.74, 6) is 0.628. The Kier molecular flexibility index (Phi) is 3.21. The van der Waals surface area contributed by atoms with Gasteiger partial charge < -0.3 is 20.5 Å². The van der Waals surface area contributed by atoms with Crippen molar-refractivity contribution in [3.63, 3.8) is 0 Å². The van der Waals surface area contributed by atoms with Crippen molar-refractivity contribution in [2.45, 2.75) is 19.1 Å². The average molecular weight is 224 g/mol. The SMILES string of the molecule is CC1COC(CO)CN1c1ncc(N)cn1. The molecule has 1 aromatic rings. The highest BCUT2D eigenvalue weighted by molar-refractivity contribution is 5.39. The third-order valence-electron chi connectivity index (χ3n) is 2.62. The Morgan fingerprint density at radius 3 is 2.88 bits per heavy atom. The van der Waals surface area contributed by atoms with Gasteiger partial charge in [-0.25, -0.2) is 9.97 Å². The first kappa shape index (κ1) is 11.1. The molecule has 2 rings (SSSR count). The third kappa shape index (κ3) is 2.23. The lowest BCUT2D eigenvalue weighted by Gasteiger charge is -2.37. The van der Waals surface area contributed by atoms with Crippen molar-refractivity contribution in [1.29, 1.82) is 0 Å². The molecule has 1 fully saturated rings. The molecule has 88 valence electrons. The molecule has 1 saturated heterocycles. The molecule has 16 heavy (non-hydrogen) atoms. The van der Waals surface area contributed by atoms with Crippen molar-refractivity contribution in [2.24, 2.45) is 0 Å². The molecule has 1 aromatic heterocycles. The number of hydrogen-bond acceptors (Lipinski definition) is 6. The Morgan fingerprint density at radius 1 is 1.56 bits per heavy atom. The van der Waals surface area contributed by atoms with Crippen molar-refractivity contribution in [3.8, 4) is 0 Å². The minimum Gasteiger partial charge on any atom is -0.396 e. The Labute approximate surface area is 94.1 Å². The van der Waals surface area contributed by atoms with Crippen LogP contribution in [-0.4, -0.2) is 47.0 Å². The maximum absolute atomic E-state index is 9.07.